The van der Waals surface area contributed by atoms with Gasteiger partial charge in [0.15, 0.2) is 5.96 Å². The van der Waals surface area contributed by atoms with Gasteiger partial charge in [-0.2, -0.15) is 0 Å². The molecule has 2 heterocycles. The van der Waals surface area contributed by atoms with E-state index in [1.807, 2.05) is 0 Å². The number of hydrogen-bond acceptors (Lipinski definition) is 3. The first kappa shape index (κ1) is 18.0. The highest BCUT2D eigenvalue weighted by molar-refractivity contribution is 5.79. The smallest absolute Gasteiger partial charge is 0.193 e. The summed E-state index contributed by atoms with van der Waals surface area (Å²) in [6.07, 6.45) is 7.87. The number of hydrogen-bond donors (Lipinski definition) is 1. The average molecular weight is 337 g/mol. The minimum atomic E-state index is 0.753. The third-order valence-corrected chi connectivity index (χ3v) is 5.79. The van der Waals surface area contributed by atoms with E-state index >= 15 is 0 Å². The Balaban J connectivity index is 1.43. The number of nitrogens with one attached hydrogen (secondary N) is 1. The first-order valence-corrected chi connectivity index (χ1v) is 10.1. The maximum Gasteiger partial charge on any atom is 0.193 e. The fourth-order valence-corrected chi connectivity index (χ4v) is 3.99. The molecule has 1 N–H and O–H groups in total. The lowest BCUT2D eigenvalue weighted by atomic mass is 9.96. The van der Waals surface area contributed by atoms with Crippen LogP contribution in [0.1, 0.15) is 45.4 Å². The van der Waals surface area contributed by atoms with Crippen LogP contribution in [0.25, 0.3) is 0 Å². The van der Waals surface area contributed by atoms with Crippen LogP contribution in [0.5, 0.6) is 0 Å². The molecule has 0 aromatic carbocycles. The third kappa shape index (κ3) is 5.35. The second-order valence-corrected chi connectivity index (χ2v) is 7.84. The molecule has 5 nitrogen and oxygen atoms in total. The van der Waals surface area contributed by atoms with E-state index in [0.717, 1.165) is 56.7 Å². The van der Waals surface area contributed by atoms with Crippen LogP contribution in [-0.4, -0.2) is 74.8 Å². The van der Waals surface area contributed by atoms with Gasteiger partial charge in [-0.05, 0) is 63.8 Å². The van der Waals surface area contributed by atoms with E-state index in [0.29, 0.717) is 0 Å². The molecule has 0 bridgehead atoms. The number of rotatable bonds is 7. The van der Waals surface area contributed by atoms with Crippen LogP contribution in [0.3, 0.4) is 0 Å². The second-order valence-electron chi connectivity index (χ2n) is 7.84. The largest absolute Gasteiger partial charge is 0.381 e. The lowest BCUT2D eigenvalue weighted by molar-refractivity contribution is 0.0625. The number of guanidine groups is 1. The van der Waals surface area contributed by atoms with E-state index in [1.165, 1.54) is 51.6 Å². The molecule has 3 aliphatic rings. The molecular formula is C19H36N4O. The van der Waals surface area contributed by atoms with Gasteiger partial charge in [0.25, 0.3) is 0 Å². The Morgan fingerprint density at radius 1 is 1.17 bits per heavy atom. The van der Waals surface area contributed by atoms with Crippen molar-refractivity contribution in [1.29, 1.82) is 0 Å². The fourth-order valence-electron chi connectivity index (χ4n) is 3.99. The Hall–Kier alpha value is -0.810. The first-order valence-electron chi connectivity index (χ1n) is 10.1. The van der Waals surface area contributed by atoms with Crippen LogP contribution in [0, 0.1) is 11.8 Å². The number of nitrogens with zero attached hydrogens (tertiary/aromatic N) is 3. The predicted molar refractivity (Wildman–Crippen MR) is 99.5 cm³/mol. The third-order valence-electron chi connectivity index (χ3n) is 5.79. The van der Waals surface area contributed by atoms with Gasteiger partial charge in [-0.15, -0.1) is 0 Å². The van der Waals surface area contributed by atoms with Crippen molar-refractivity contribution in [2.75, 3.05) is 53.0 Å². The average Bonchev–Trinajstić information content (AvgIpc) is 3.36. The summed E-state index contributed by atoms with van der Waals surface area (Å²) < 4.78 is 5.46. The Bertz CT molecular complexity index is 404. The van der Waals surface area contributed by atoms with E-state index in [4.69, 9.17) is 9.73 Å². The van der Waals surface area contributed by atoms with Gasteiger partial charge in [-0.1, -0.05) is 0 Å². The first-order chi connectivity index (χ1) is 11.8. The molecule has 24 heavy (non-hydrogen) atoms. The Labute approximate surface area is 147 Å². The summed E-state index contributed by atoms with van der Waals surface area (Å²) >= 11 is 0. The second kappa shape index (κ2) is 9.04. The molecule has 1 aliphatic carbocycles. The monoisotopic (exact) mass is 336 g/mol. The van der Waals surface area contributed by atoms with Crippen LogP contribution >= 0.6 is 0 Å². The molecule has 0 aromatic heterocycles. The summed E-state index contributed by atoms with van der Waals surface area (Å²) in [4.78, 5) is 9.96. The van der Waals surface area contributed by atoms with Gasteiger partial charge in [-0.25, -0.2) is 0 Å². The van der Waals surface area contributed by atoms with Crippen molar-refractivity contribution in [2.45, 2.75) is 51.5 Å². The van der Waals surface area contributed by atoms with Gasteiger partial charge in [0.1, 0.15) is 0 Å². The number of ether oxygens (including phenoxy) is 1. The highest BCUT2D eigenvalue weighted by Crippen LogP contribution is 2.31. The summed E-state index contributed by atoms with van der Waals surface area (Å²) in [7, 11) is 2.19. The summed E-state index contributed by atoms with van der Waals surface area (Å²) in [5.74, 6) is 2.67. The van der Waals surface area contributed by atoms with Gasteiger partial charge in [-0.3, -0.25) is 4.99 Å². The van der Waals surface area contributed by atoms with Crippen molar-refractivity contribution >= 4 is 5.96 Å². The topological polar surface area (TPSA) is 40.1 Å². The molecule has 0 spiro atoms. The van der Waals surface area contributed by atoms with E-state index in [1.54, 1.807) is 0 Å². The number of aliphatic imine (C=N–C) groups is 1. The van der Waals surface area contributed by atoms with Crippen molar-refractivity contribution in [3.8, 4) is 0 Å². The van der Waals surface area contributed by atoms with Gasteiger partial charge in [0.05, 0.1) is 0 Å². The van der Waals surface area contributed by atoms with E-state index < -0.39 is 0 Å². The molecule has 138 valence electrons. The Morgan fingerprint density at radius 3 is 2.67 bits per heavy atom. The highest BCUT2D eigenvalue weighted by Gasteiger charge is 2.34. The van der Waals surface area contributed by atoms with Gasteiger partial charge in [0.2, 0.25) is 0 Å². The predicted octanol–water partition coefficient (Wildman–Crippen LogP) is 2.18. The van der Waals surface area contributed by atoms with Gasteiger partial charge in [0, 0.05) is 52.5 Å². The zero-order chi connectivity index (χ0) is 16.8. The van der Waals surface area contributed by atoms with E-state index in [2.05, 4.69) is 29.1 Å². The van der Waals surface area contributed by atoms with Gasteiger partial charge < -0.3 is 19.9 Å². The van der Waals surface area contributed by atoms with E-state index in [9.17, 15) is 0 Å². The summed E-state index contributed by atoms with van der Waals surface area (Å²) in [6.45, 7) is 9.62. The van der Waals surface area contributed by atoms with Crippen LogP contribution in [0.15, 0.2) is 4.99 Å². The lowest BCUT2D eigenvalue weighted by Crippen LogP contribution is -2.40. The molecule has 1 saturated carbocycles. The molecule has 3 rings (SSSR count). The number of likely N-dealkylation sites (tertiary alicyclic amines) is 1. The highest BCUT2D eigenvalue weighted by atomic mass is 16.5. The molecule has 0 aromatic rings. The van der Waals surface area contributed by atoms with Crippen molar-refractivity contribution < 1.29 is 4.74 Å². The maximum absolute atomic E-state index is 5.46. The SMILES string of the molecule is CCNC(=NCC1CCN(C2CC2)C1)N(C)CCC1CCOCC1. The normalized spacial score (nSPS) is 26.8. The summed E-state index contributed by atoms with van der Waals surface area (Å²) in [5.41, 5.74) is 0. The van der Waals surface area contributed by atoms with Crippen LogP contribution in [-0.2, 0) is 4.74 Å². The molecule has 2 aliphatic heterocycles. The molecule has 1 unspecified atom stereocenters. The molecular weight excluding hydrogens is 300 g/mol. The molecule has 2 saturated heterocycles. The molecule has 0 radical (unpaired) electrons. The summed E-state index contributed by atoms with van der Waals surface area (Å²) in [6, 6.07) is 0.911. The maximum atomic E-state index is 5.46. The molecule has 0 amide bonds. The van der Waals surface area contributed by atoms with E-state index in [-0.39, 0.29) is 0 Å². The molecule has 3 fully saturated rings. The quantitative estimate of drug-likeness (QED) is 0.571. The van der Waals surface area contributed by atoms with Gasteiger partial charge >= 0.3 is 0 Å². The zero-order valence-electron chi connectivity index (χ0n) is 15.7. The zero-order valence-corrected chi connectivity index (χ0v) is 15.7. The van der Waals surface area contributed by atoms with Crippen molar-refractivity contribution in [3.05, 3.63) is 0 Å². The molecule has 1 atom stereocenters. The minimum absolute atomic E-state index is 0.753. The standard InChI is InChI=1S/C19H36N4O/c1-3-20-19(22(2)10-6-16-8-12-24-13-9-16)21-14-17-7-11-23(15-17)18-4-5-18/h16-18H,3-15H2,1-2H3,(H,20,21). The Morgan fingerprint density at radius 2 is 1.96 bits per heavy atom. The van der Waals surface area contributed by atoms with Crippen molar-refractivity contribution in [1.82, 2.24) is 15.1 Å². The lowest BCUT2D eigenvalue weighted by Gasteiger charge is -2.27. The van der Waals surface area contributed by atoms with Crippen LogP contribution in [0.4, 0.5) is 0 Å². The molecule has 5 heteroatoms. The summed E-state index contributed by atoms with van der Waals surface area (Å²) in [5, 5.41) is 3.48. The Kier molecular flexibility index (Phi) is 6.78. The van der Waals surface area contributed by atoms with Crippen molar-refractivity contribution in [3.63, 3.8) is 0 Å². The minimum Gasteiger partial charge on any atom is -0.381 e. The fraction of sp³-hybridized carbons (Fsp3) is 0.947. The van der Waals surface area contributed by atoms with Crippen LogP contribution in [0.2, 0.25) is 0 Å². The van der Waals surface area contributed by atoms with Crippen LogP contribution < -0.4 is 5.32 Å². The van der Waals surface area contributed by atoms with Crippen molar-refractivity contribution in [2.24, 2.45) is 16.8 Å².